The molecule has 5 nitrogen and oxygen atoms in total. The van der Waals surface area contributed by atoms with Gasteiger partial charge in [0.25, 0.3) is 0 Å². The van der Waals surface area contributed by atoms with E-state index in [1.54, 1.807) is 0 Å². The molecule has 0 aromatic rings. The molecule has 0 aromatic carbocycles. The number of primary amides is 1. The maximum absolute atomic E-state index is 10.3. The fourth-order valence-corrected chi connectivity index (χ4v) is 1.11. The number of nitrogens with two attached hydrogens (primary N) is 1. The van der Waals surface area contributed by atoms with Gasteiger partial charge in [0.05, 0.1) is 6.04 Å². The van der Waals surface area contributed by atoms with Crippen LogP contribution in [0.15, 0.2) is 0 Å². The topological polar surface area (TPSA) is 95.2 Å². The summed E-state index contributed by atoms with van der Waals surface area (Å²) in [6, 6.07) is -0.680. The highest BCUT2D eigenvalue weighted by Crippen LogP contribution is 1.87. The molecule has 3 N–H and O–H groups in total. The molecule has 64 valence electrons. The molecule has 0 rings (SSSR count). The van der Waals surface area contributed by atoms with Crippen molar-refractivity contribution in [2.45, 2.75) is 12.5 Å². The molecule has 0 aromatic heterocycles. The summed E-state index contributed by atoms with van der Waals surface area (Å²) in [5, 5.41) is 1.14. The fraction of sp³-hybridized carbons (Fsp3) is 0.500. The van der Waals surface area contributed by atoms with Crippen molar-refractivity contribution in [2.75, 3.05) is 0 Å². The smallest absolute Gasteiger partial charge is 0.219 e. The Labute approximate surface area is 71.8 Å². The predicted octanol–water partition coefficient (Wildman–Crippen LogP) is -1.39. The Morgan fingerprint density at radius 2 is 2.45 bits per heavy atom. The lowest BCUT2D eigenvalue weighted by Crippen LogP contribution is -2.35. The Morgan fingerprint density at radius 3 is 2.73 bits per heavy atom. The Bertz CT molecular complexity index is 168. The normalized spacial score (nSPS) is 15.4. The average molecular weight is 195 g/mol. The Kier molecular flexibility index (Phi) is 5.12. The molecule has 0 aliphatic rings. The van der Waals surface area contributed by atoms with Crippen LogP contribution in [0.5, 0.6) is 0 Å². The number of rotatable bonds is 5. The van der Waals surface area contributed by atoms with Crippen LogP contribution in [0.1, 0.15) is 6.42 Å². The monoisotopic (exact) mass is 195 g/mol. The van der Waals surface area contributed by atoms with Crippen LogP contribution in [-0.4, -0.2) is 26.1 Å². The quantitative estimate of drug-likeness (QED) is 0.417. The van der Waals surface area contributed by atoms with E-state index in [-0.39, 0.29) is 6.42 Å². The number of amides is 1. The fourth-order valence-electron chi connectivity index (χ4n) is 0.458. The molecule has 0 spiro atoms. The first-order valence-corrected chi connectivity index (χ1v) is 4.20. The van der Waals surface area contributed by atoms with Crippen LogP contribution in [-0.2, 0) is 16.1 Å². The molecule has 0 aliphatic carbocycles. The van der Waals surface area contributed by atoms with Gasteiger partial charge in [-0.25, -0.2) is 4.72 Å². The number of hydrogen-bond donors (Lipinski definition) is 2. The largest absolute Gasteiger partial charge is 0.760 e. The van der Waals surface area contributed by atoms with E-state index in [9.17, 15) is 13.6 Å². The highest BCUT2D eigenvalue weighted by Gasteiger charge is 2.06. The maximum atomic E-state index is 10.3. The molecule has 2 unspecified atom stereocenters. The minimum atomic E-state index is -2.42. The molecule has 0 bridgehead atoms. The molecule has 0 saturated carbocycles. The van der Waals surface area contributed by atoms with Crippen molar-refractivity contribution in [3.05, 3.63) is 0 Å². The maximum Gasteiger partial charge on any atom is 0.219 e. The van der Waals surface area contributed by atoms with E-state index >= 15 is 0 Å². The second kappa shape index (κ2) is 5.30. The van der Waals surface area contributed by atoms with Crippen LogP contribution >= 0.6 is 12.2 Å². The Hall–Kier alpha value is -0.370. The summed E-state index contributed by atoms with van der Waals surface area (Å²) >= 11 is 2.02. The minimum Gasteiger partial charge on any atom is -0.760 e. The van der Waals surface area contributed by atoms with E-state index in [1.807, 2.05) is 4.72 Å². The zero-order chi connectivity index (χ0) is 8.85. The minimum absolute atomic E-state index is 0.114. The highest BCUT2D eigenvalue weighted by atomic mass is 32.2. The summed E-state index contributed by atoms with van der Waals surface area (Å²) < 4.78 is 22.1. The van der Waals surface area contributed by atoms with Gasteiger partial charge in [-0.15, -0.1) is 0 Å². The second-order valence-electron chi connectivity index (χ2n) is 1.77. The summed E-state index contributed by atoms with van der Waals surface area (Å²) in [5.41, 5.74) is 4.80. The lowest BCUT2D eigenvalue weighted by atomic mass is 10.2. The van der Waals surface area contributed by atoms with E-state index in [0.717, 1.165) is 5.37 Å². The number of thiocarbonyl (C=S) groups is 1. The molecule has 1 amide bonds. The summed E-state index contributed by atoms with van der Waals surface area (Å²) in [5.74, 6) is -0.603. The van der Waals surface area contributed by atoms with Crippen LogP contribution in [0.3, 0.4) is 0 Å². The van der Waals surface area contributed by atoms with Gasteiger partial charge in [0.1, 0.15) is 0 Å². The molecule has 2 atom stereocenters. The molecular weight excluding hydrogens is 188 g/mol. The lowest BCUT2D eigenvalue weighted by molar-refractivity contribution is -0.118. The standard InChI is InChI=1S/C4H8N2O3S2/c5-4(7)1-3(2-10)6-11(8)9/h2-3,6H,1H2,(H2,5,7)(H,8,9)/p-1. The van der Waals surface area contributed by atoms with Gasteiger partial charge in [-0.3, -0.25) is 9.00 Å². The van der Waals surface area contributed by atoms with Crippen LogP contribution in [0.2, 0.25) is 0 Å². The first-order valence-electron chi connectivity index (χ1n) is 2.65. The van der Waals surface area contributed by atoms with Crippen LogP contribution < -0.4 is 10.5 Å². The molecule has 11 heavy (non-hydrogen) atoms. The van der Waals surface area contributed by atoms with Crippen molar-refractivity contribution in [1.29, 1.82) is 0 Å². The van der Waals surface area contributed by atoms with Gasteiger partial charge in [-0.1, -0.05) is 12.2 Å². The molecule has 0 aliphatic heterocycles. The average Bonchev–Trinajstić information content (AvgIpc) is 1.84. The zero-order valence-corrected chi connectivity index (χ0v) is 7.11. The van der Waals surface area contributed by atoms with E-state index < -0.39 is 23.2 Å². The number of nitrogens with one attached hydrogen (secondary N) is 1. The van der Waals surface area contributed by atoms with Gasteiger partial charge in [0, 0.05) is 17.7 Å². The molecule has 7 heteroatoms. The molecule has 0 radical (unpaired) electrons. The first kappa shape index (κ1) is 10.6. The van der Waals surface area contributed by atoms with Crippen molar-refractivity contribution >= 4 is 34.8 Å². The third-order valence-corrected chi connectivity index (χ3v) is 1.66. The summed E-state index contributed by atoms with van der Waals surface area (Å²) in [6.07, 6.45) is -0.114. The van der Waals surface area contributed by atoms with Crippen LogP contribution in [0, 0.1) is 0 Å². The number of carbonyl (C=O) groups excluding carboxylic acids is 1. The van der Waals surface area contributed by atoms with Crippen molar-refractivity contribution < 1.29 is 13.6 Å². The SMILES string of the molecule is NC(=O)CC(C=S)NS(=O)[O-]. The summed E-state index contributed by atoms with van der Waals surface area (Å²) in [4.78, 5) is 10.3. The molecule has 0 saturated heterocycles. The highest BCUT2D eigenvalue weighted by molar-refractivity contribution is 7.79. The van der Waals surface area contributed by atoms with Crippen molar-refractivity contribution in [3.8, 4) is 0 Å². The van der Waals surface area contributed by atoms with Crippen LogP contribution in [0.4, 0.5) is 0 Å². The summed E-state index contributed by atoms with van der Waals surface area (Å²) in [6.45, 7) is 0. The number of carbonyl (C=O) groups is 1. The zero-order valence-electron chi connectivity index (χ0n) is 5.48. The molecular formula is C4H7N2O3S2-. The van der Waals surface area contributed by atoms with E-state index in [4.69, 9.17) is 5.73 Å². The van der Waals surface area contributed by atoms with E-state index in [1.165, 1.54) is 0 Å². The van der Waals surface area contributed by atoms with Crippen molar-refractivity contribution in [3.63, 3.8) is 0 Å². The van der Waals surface area contributed by atoms with Gasteiger partial charge < -0.3 is 10.3 Å². The second-order valence-corrected chi connectivity index (χ2v) is 2.74. The Morgan fingerprint density at radius 1 is 1.91 bits per heavy atom. The third-order valence-electron chi connectivity index (χ3n) is 0.833. The lowest BCUT2D eigenvalue weighted by Gasteiger charge is -2.13. The number of hydrogen-bond acceptors (Lipinski definition) is 4. The van der Waals surface area contributed by atoms with E-state index in [0.29, 0.717) is 0 Å². The van der Waals surface area contributed by atoms with Crippen molar-refractivity contribution in [1.82, 2.24) is 4.72 Å². The van der Waals surface area contributed by atoms with Gasteiger partial charge >= 0.3 is 0 Å². The molecule has 0 heterocycles. The van der Waals surface area contributed by atoms with E-state index in [2.05, 4.69) is 12.2 Å². The van der Waals surface area contributed by atoms with Crippen molar-refractivity contribution in [2.24, 2.45) is 5.73 Å². The molecule has 0 fully saturated rings. The van der Waals surface area contributed by atoms with Gasteiger partial charge in [-0.2, -0.15) is 0 Å². The Balaban J connectivity index is 3.85. The third kappa shape index (κ3) is 6.05. The van der Waals surface area contributed by atoms with Gasteiger partial charge in [0.15, 0.2) is 0 Å². The van der Waals surface area contributed by atoms with Gasteiger partial charge in [-0.05, 0) is 5.37 Å². The van der Waals surface area contributed by atoms with Gasteiger partial charge in [0.2, 0.25) is 5.91 Å². The predicted molar refractivity (Wildman–Crippen MR) is 43.3 cm³/mol. The summed E-state index contributed by atoms with van der Waals surface area (Å²) in [7, 11) is 0. The van der Waals surface area contributed by atoms with Crippen LogP contribution in [0.25, 0.3) is 0 Å². The first-order chi connectivity index (χ1) is 5.06.